The monoisotopic (exact) mass is 260 g/mol. The van der Waals surface area contributed by atoms with Crippen LogP contribution in [-0.2, 0) is 12.1 Å². The number of nitrogens with two attached hydrogens (primary N) is 1. The van der Waals surface area contributed by atoms with Crippen LogP contribution in [0.15, 0.2) is 24.3 Å². The maximum absolute atomic E-state index is 13.0. The van der Waals surface area contributed by atoms with Crippen molar-refractivity contribution in [3.05, 3.63) is 35.9 Å². The van der Waals surface area contributed by atoms with Gasteiger partial charge in [0, 0.05) is 18.7 Å². The number of anilines is 1. The van der Waals surface area contributed by atoms with E-state index in [0.29, 0.717) is 5.82 Å². The normalized spacial score (nSPS) is 17.2. The summed E-state index contributed by atoms with van der Waals surface area (Å²) in [5.41, 5.74) is 7.56. The molecule has 0 amide bonds. The minimum absolute atomic E-state index is 0.204. The molecule has 0 fully saturated rings. The predicted octanol–water partition coefficient (Wildman–Crippen LogP) is 2.11. The zero-order valence-electron chi connectivity index (χ0n) is 11.1. The number of fused-ring (bicyclic) bond motifs is 1. The minimum atomic E-state index is -0.256. The smallest absolute Gasteiger partial charge is 0.131 e. The van der Waals surface area contributed by atoms with Crippen LogP contribution >= 0.6 is 0 Å². The lowest BCUT2D eigenvalue weighted by molar-refractivity contribution is 0.318. The standard InChI is InChI=1S/C14H17FN4/c1-14(2)13-18-11(9-3-5-10(15)6-4-9)12(16)19(13)8-7-17-14/h3-6,17H,7-8,16H2,1-2H3. The molecule has 0 unspecified atom stereocenters. The van der Waals surface area contributed by atoms with Crippen LogP contribution in [0.5, 0.6) is 0 Å². The molecule has 0 radical (unpaired) electrons. The fourth-order valence-electron chi connectivity index (χ4n) is 2.55. The Labute approximate surface area is 111 Å². The SMILES string of the molecule is CC1(C)NCCn2c1nc(-c1ccc(F)cc1)c2N. The topological polar surface area (TPSA) is 55.9 Å². The van der Waals surface area contributed by atoms with E-state index in [2.05, 4.69) is 24.1 Å². The molecule has 0 bridgehead atoms. The van der Waals surface area contributed by atoms with Crippen LogP contribution < -0.4 is 11.1 Å². The molecule has 19 heavy (non-hydrogen) atoms. The second-order valence-corrected chi connectivity index (χ2v) is 5.38. The van der Waals surface area contributed by atoms with Gasteiger partial charge in [-0.05, 0) is 38.1 Å². The Bertz CT molecular complexity index is 613. The van der Waals surface area contributed by atoms with E-state index in [1.54, 1.807) is 12.1 Å². The molecule has 0 saturated heterocycles. The van der Waals surface area contributed by atoms with Crippen LogP contribution in [0.3, 0.4) is 0 Å². The van der Waals surface area contributed by atoms with E-state index in [9.17, 15) is 4.39 Å². The summed E-state index contributed by atoms with van der Waals surface area (Å²) in [6.45, 7) is 5.83. The first-order valence-electron chi connectivity index (χ1n) is 6.36. The van der Waals surface area contributed by atoms with Gasteiger partial charge in [-0.2, -0.15) is 0 Å². The third kappa shape index (κ3) is 1.90. The van der Waals surface area contributed by atoms with Crippen LogP contribution in [0.4, 0.5) is 10.2 Å². The van der Waals surface area contributed by atoms with Crippen LogP contribution in [0.25, 0.3) is 11.3 Å². The van der Waals surface area contributed by atoms with Crippen molar-refractivity contribution in [3.8, 4) is 11.3 Å². The van der Waals surface area contributed by atoms with Gasteiger partial charge in [-0.25, -0.2) is 9.37 Å². The first kappa shape index (κ1) is 12.2. The number of nitrogen functional groups attached to an aromatic ring is 1. The van der Waals surface area contributed by atoms with Crippen LogP contribution in [0, 0.1) is 5.82 Å². The van der Waals surface area contributed by atoms with Crippen molar-refractivity contribution < 1.29 is 4.39 Å². The van der Waals surface area contributed by atoms with E-state index >= 15 is 0 Å². The van der Waals surface area contributed by atoms with E-state index < -0.39 is 0 Å². The summed E-state index contributed by atoms with van der Waals surface area (Å²) in [7, 11) is 0. The zero-order valence-corrected chi connectivity index (χ0v) is 11.1. The summed E-state index contributed by atoms with van der Waals surface area (Å²) < 4.78 is 15.0. The lowest BCUT2D eigenvalue weighted by Gasteiger charge is -2.31. The van der Waals surface area contributed by atoms with Gasteiger partial charge in [0.2, 0.25) is 0 Å². The Morgan fingerprint density at radius 2 is 2.00 bits per heavy atom. The lowest BCUT2D eigenvalue weighted by atomic mass is 10.0. The molecular weight excluding hydrogens is 243 g/mol. The first-order valence-corrected chi connectivity index (χ1v) is 6.36. The lowest BCUT2D eigenvalue weighted by Crippen LogP contribution is -2.45. The average Bonchev–Trinajstić information content (AvgIpc) is 2.70. The van der Waals surface area contributed by atoms with Crippen molar-refractivity contribution in [2.24, 2.45) is 0 Å². The molecule has 2 heterocycles. The van der Waals surface area contributed by atoms with Crippen molar-refractivity contribution in [2.45, 2.75) is 25.9 Å². The van der Waals surface area contributed by atoms with Crippen molar-refractivity contribution in [1.82, 2.24) is 14.9 Å². The maximum atomic E-state index is 13.0. The number of hydrogen-bond donors (Lipinski definition) is 2. The van der Waals surface area contributed by atoms with Crippen molar-refractivity contribution in [3.63, 3.8) is 0 Å². The molecule has 1 aliphatic rings. The summed E-state index contributed by atoms with van der Waals surface area (Å²) >= 11 is 0. The fraction of sp³-hybridized carbons (Fsp3) is 0.357. The summed E-state index contributed by atoms with van der Waals surface area (Å²) in [5, 5.41) is 3.42. The van der Waals surface area contributed by atoms with Gasteiger partial charge in [-0.1, -0.05) is 0 Å². The quantitative estimate of drug-likeness (QED) is 0.825. The molecule has 1 aliphatic heterocycles. The molecule has 3 rings (SSSR count). The van der Waals surface area contributed by atoms with E-state index in [1.807, 2.05) is 4.57 Å². The molecule has 0 spiro atoms. The Hall–Kier alpha value is -1.88. The molecule has 0 aliphatic carbocycles. The van der Waals surface area contributed by atoms with E-state index in [4.69, 9.17) is 5.73 Å². The van der Waals surface area contributed by atoms with Crippen LogP contribution in [0.2, 0.25) is 0 Å². The van der Waals surface area contributed by atoms with Crippen molar-refractivity contribution in [1.29, 1.82) is 0 Å². The van der Waals surface area contributed by atoms with Crippen LogP contribution in [-0.4, -0.2) is 16.1 Å². The first-order chi connectivity index (χ1) is 8.99. The van der Waals surface area contributed by atoms with Crippen molar-refractivity contribution >= 4 is 5.82 Å². The second kappa shape index (κ2) is 4.06. The number of nitrogens with one attached hydrogen (secondary N) is 1. The number of halogens is 1. The highest BCUT2D eigenvalue weighted by atomic mass is 19.1. The highest BCUT2D eigenvalue weighted by molar-refractivity contribution is 5.71. The molecule has 2 aromatic rings. The van der Waals surface area contributed by atoms with E-state index in [-0.39, 0.29) is 11.4 Å². The molecule has 1 aromatic heterocycles. The third-order valence-electron chi connectivity index (χ3n) is 3.59. The Morgan fingerprint density at radius 3 is 2.63 bits per heavy atom. The highest BCUT2D eigenvalue weighted by Gasteiger charge is 2.32. The van der Waals surface area contributed by atoms with E-state index in [1.165, 1.54) is 12.1 Å². The largest absolute Gasteiger partial charge is 0.383 e. The molecule has 100 valence electrons. The molecule has 5 heteroatoms. The number of nitrogens with zero attached hydrogens (tertiary/aromatic N) is 2. The summed E-state index contributed by atoms with van der Waals surface area (Å²) in [6, 6.07) is 6.27. The Balaban J connectivity index is 2.14. The predicted molar refractivity (Wildman–Crippen MR) is 73.1 cm³/mol. The summed E-state index contributed by atoms with van der Waals surface area (Å²) in [5.74, 6) is 1.32. The van der Waals surface area contributed by atoms with Gasteiger partial charge in [0.25, 0.3) is 0 Å². The van der Waals surface area contributed by atoms with Gasteiger partial charge in [0.15, 0.2) is 0 Å². The number of rotatable bonds is 1. The van der Waals surface area contributed by atoms with Gasteiger partial charge >= 0.3 is 0 Å². The molecule has 0 saturated carbocycles. The molecular formula is C14H17FN4. The minimum Gasteiger partial charge on any atom is -0.383 e. The molecule has 0 atom stereocenters. The summed E-state index contributed by atoms with van der Waals surface area (Å²) in [4.78, 5) is 4.66. The van der Waals surface area contributed by atoms with Crippen molar-refractivity contribution in [2.75, 3.05) is 12.3 Å². The van der Waals surface area contributed by atoms with Gasteiger partial charge < -0.3 is 15.6 Å². The fourth-order valence-corrected chi connectivity index (χ4v) is 2.55. The number of aromatic nitrogens is 2. The summed E-state index contributed by atoms with van der Waals surface area (Å²) in [6.07, 6.45) is 0. The van der Waals surface area contributed by atoms with Gasteiger partial charge in [0.05, 0.1) is 5.54 Å². The highest BCUT2D eigenvalue weighted by Crippen LogP contribution is 2.32. The number of imidazole rings is 1. The molecule has 4 nitrogen and oxygen atoms in total. The molecule has 1 aromatic carbocycles. The maximum Gasteiger partial charge on any atom is 0.131 e. The van der Waals surface area contributed by atoms with Gasteiger partial charge in [0.1, 0.15) is 23.2 Å². The Kier molecular flexibility index (Phi) is 2.60. The Morgan fingerprint density at radius 1 is 1.32 bits per heavy atom. The van der Waals surface area contributed by atoms with Gasteiger partial charge in [-0.3, -0.25) is 0 Å². The van der Waals surface area contributed by atoms with Crippen LogP contribution in [0.1, 0.15) is 19.7 Å². The van der Waals surface area contributed by atoms with Gasteiger partial charge in [-0.15, -0.1) is 0 Å². The third-order valence-corrected chi connectivity index (χ3v) is 3.59. The zero-order chi connectivity index (χ0) is 13.6. The number of benzene rings is 1. The average molecular weight is 260 g/mol. The van der Waals surface area contributed by atoms with E-state index in [0.717, 1.165) is 30.2 Å². The number of hydrogen-bond acceptors (Lipinski definition) is 3. The molecule has 3 N–H and O–H groups in total. The second-order valence-electron chi connectivity index (χ2n) is 5.38.